The highest BCUT2D eigenvalue weighted by Crippen LogP contribution is 2.28. The van der Waals surface area contributed by atoms with Crippen molar-refractivity contribution in [2.75, 3.05) is 52.7 Å². The molecule has 0 radical (unpaired) electrons. The quantitative estimate of drug-likeness (QED) is 0.806. The van der Waals surface area contributed by atoms with E-state index < -0.39 is 0 Å². The van der Waals surface area contributed by atoms with Crippen LogP contribution in [-0.4, -0.2) is 67.6 Å². The smallest absolute Gasteiger partial charge is 0.132 e. The van der Waals surface area contributed by atoms with Crippen LogP contribution in [0.25, 0.3) is 0 Å². The molecule has 0 saturated carbocycles. The standard InChI is InChI=1S/C15H24N2O2S/c1-19-14-11-13(3-4-15(14)20-2)12-17-7-5-16(6-8-17)9-10-18/h3-4,11,18H,5-10,12H2,1-2H3. The molecule has 1 fully saturated rings. The van der Waals surface area contributed by atoms with Crippen LogP contribution in [-0.2, 0) is 6.54 Å². The highest BCUT2D eigenvalue weighted by Gasteiger charge is 2.16. The van der Waals surface area contributed by atoms with E-state index in [0.717, 1.165) is 45.0 Å². The largest absolute Gasteiger partial charge is 0.496 e. The highest BCUT2D eigenvalue weighted by molar-refractivity contribution is 7.98. The topological polar surface area (TPSA) is 35.9 Å². The number of benzene rings is 1. The lowest BCUT2D eigenvalue weighted by atomic mass is 10.2. The number of aliphatic hydroxyl groups is 1. The van der Waals surface area contributed by atoms with E-state index in [2.05, 4.69) is 34.3 Å². The number of methoxy groups -OCH3 is 1. The fraction of sp³-hybridized carbons (Fsp3) is 0.600. The number of hydrogen-bond acceptors (Lipinski definition) is 5. The van der Waals surface area contributed by atoms with E-state index in [-0.39, 0.29) is 6.61 Å². The molecule has 4 nitrogen and oxygen atoms in total. The molecule has 0 amide bonds. The molecule has 20 heavy (non-hydrogen) atoms. The van der Waals surface area contributed by atoms with Crippen molar-refractivity contribution in [3.8, 4) is 5.75 Å². The fourth-order valence-electron chi connectivity index (χ4n) is 2.55. The molecule has 112 valence electrons. The maximum Gasteiger partial charge on any atom is 0.132 e. The SMILES string of the molecule is COc1cc(CN2CCN(CCO)CC2)ccc1SC. The average molecular weight is 296 g/mol. The minimum atomic E-state index is 0.257. The van der Waals surface area contributed by atoms with Crippen molar-refractivity contribution in [3.05, 3.63) is 23.8 Å². The van der Waals surface area contributed by atoms with Crippen molar-refractivity contribution >= 4 is 11.8 Å². The first-order valence-corrected chi connectivity index (χ1v) is 8.25. The summed E-state index contributed by atoms with van der Waals surface area (Å²) in [5, 5.41) is 8.96. The number of nitrogens with zero attached hydrogens (tertiary/aromatic N) is 2. The predicted octanol–water partition coefficient (Wildman–Crippen LogP) is 1.53. The Balaban J connectivity index is 1.91. The molecule has 0 spiro atoms. The summed E-state index contributed by atoms with van der Waals surface area (Å²) >= 11 is 1.71. The number of ether oxygens (including phenoxy) is 1. The number of aliphatic hydroxyl groups excluding tert-OH is 1. The van der Waals surface area contributed by atoms with Crippen LogP contribution in [0.3, 0.4) is 0 Å². The van der Waals surface area contributed by atoms with Crippen LogP contribution < -0.4 is 4.74 Å². The monoisotopic (exact) mass is 296 g/mol. The third kappa shape index (κ3) is 4.12. The Morgan fingerprint density at radius 3 is 2.50 bits per heavy atom. The molecule has 0 aromatic heterocycles. The lowest BCUT2D eigenvalue weighted by molar-refractivity contribution is 0.108. The van der Waals surface area contributed by atoms with Gasteiger partial charge in [-0.05, 0) is 24.0 Å². The van der Waals surface area contributed by atoms with Crippen molar-refractivity contribution in [1.82, 2.24) is 9.80 Å². The minimum absolute atomic E-state index is 0.257. The van der Waals surface area contributed by atoms with Gasteiger partial charge in [-0.3, -0.25) is 9.80 Å². The van der Waals surface area contributed by atoms with E-state index in [4.69, 9.17) is 9.84 Å². The van der Waals surface area contributed by atoms with Gasteiger partial charge in [0.05, 0.1) is 13.7 Å². The van der Waals surface area contributed by atoms with Gasteiger partial charge in [0.25, 0.3) is 0 Å². The molecule has 0 unspecified atom stereocenters. The molecule has 1 aliphatic rings. The molecule has 0 atom stereocenters. The minimum Gasteiger partial charge on any atom is -0.496 e. The van der Waals surface area contributed by atoms with Crippen LogP contribution in [0.2, 0.25) is 0 Å². The van der Waals surface area contributed by atoms with Crippen molar-refractivity contribution in [2.45, 2.75) is 11.4 Å². The normalized spacial score (nSPS) is 17.4. The molecule has 1 heterocycles. The van der Waals surface area contributed by atoms with Gasteiger partial charge in [0.2, 0.25) is 0 Å². The average Bonchev–Trinajstić information content (AvgIpc) is 2.49. The Labute approximate surface area is 125 Å². The van der Waals surface area contributed by atoms with Gasteiger partial charge in [0, 0.05) is 44.2 Å². The third-order valence-corrected chi connectivity index (χ3v) is 4.51. The van der Waals surface area contributed by atoms with Crippen LogP contribution in [0.5, 0.6) is 5.75 Å². The second-order valence-electron chi connectivity index (χ2n) is 5.03. The lowest BCUT2D eigenvalue weighted by Gasteiger charge is -2.34. The second-order valence-corrected chi connectivity index (χ2v) is 5.88. The molecular weight excluding hydrogens is 272 g/mol. The highest BCUT2D eigenvalue weighted by atomic mass is 32.2. The first kappa shape index (κ1) is 15.6. The summed E-state index contributed by atoms with van der Waals surface area (Å²) in [6.45, 7) is 6.23. The molecule has 2 rings (SSSR count). The first-order chi connectivity index (χ1) is 9.76. The lowest BCUT2D eigenvalue weighted by Crippen LogP contribution is -2.46. The molecule has 0 bridgehead atoms. The molecule has 1 aromatic carbocycles. The molecular formula is C15H24N2O2S. The summed E-state index contributed by atoms with van der Waals surface area (Å²) in [5.41, 5.74) is 1.30. The maximum absolute atomic E-state index is 8.96. The molecule has 5 heteroatoms. The number of β-amino-alcohol motifs (C(OH)–C–C–N with tert-alkyl or cyclic N) is 1. The van der Waals surface area contributed by atoms with Crippen molar-refractivity contribution < 1.29 is 9.84 Å². The molecule has 0 aliphatic carbocycles. The maximum atomic E-state index is 8.96. The number of rotatable bonds is 6. The van der Waals surface area contributed by atoms with Crippen LogP contribution in [0.4, 0.5) is 0 Å². The van der Waals surface area contributed by atoms with Crippen molar-refractivity contribution in [3.63, 3.8) is 0 Å². The predicted molar refractivity (Wildman–Crippen MR) is 83.6 cm³/mol. The summed E-state index contributed by atoms with van der Waals surface area (Å²) < 4.78 is 5.44. The first-order valence-electron chi connectivity index (χ1n) is 7.03. The number of piperazine rings is 1. The number of hydrogen-bond donors (Lipinski definition) is 1. The van der Waals surface area contributed by atoms with E-state index >= 15 is 0 Å². The van der Waals surface area contributed by atoms with Crippen molar-refractivity contribution in [2.24, 2.45) is 0 Å². The van der Waals surface area contributed by atoms with E-state index in [1.165, 1.54) is 10.5 Å². The van der Waals surface area contributed by atoms with E-state index in [9.17, 15) is 0 Å². The van der Waals surface area contributed by atoms with Crippen molar-refractivity contribution in [1.29, 1.82) is 0 Å². The summed E-state index contributed by atoms with van der Waals surface area (Å²) in [5.74, 6) is 0.967. The third-order valence-electron chi connectivity index (χ3n) is 3.74. The van der Waals surface area contributed by atoms with Crippen LogP contribution in [0.1, 0.15) is 5.56 Å². The zero-order chi connectivity index (χ0) is 14.4. The molecule has 1 aromatic rings. The second kappa shape index (κ2) is 7.88. The Bertz CT molecular complexity index is 420. The van der Waals surface area contributed by atoms with Crippen LogP contribution in [0, 0.1) is 0 Å². The van der Waals surface area contributed by atoms with Gasteiger partial charge in [-0.15, -0.1) is 11.8 Å². The van der Waals surface area contributed by atoms with Crippen LogP contribution in [0.15, 0.2) is 23.1 Å². The summed E-state index contributed by atoms with van der Waals surface area (Å²) in [4.78, 5) is 5.96. The molecule has 1 aliphatic heterocycles. The van der Waals surface area contributed by atoms with E-state index in [1.807, 2.05) is 0 Å². The van der Waals surface area contributed by atoms with Gasteiger partial charge in [-0.25, -0.2) is 0 Å². The van der Waals surface area contributed by atoms with Gasteiger partial charge in [-0.1, -0.05) is 6.07 Å². The van der Waals surface area contributed by atoms with Gasteiger partial charge in [-0.2, -0.15) is 0 Å². The Morgan fingerprint density at radius 2 is 1.90 bits per heavy atom. The van der Waals surface area contributed by atoms with Gasteiger partial charge in [0.15, 0.2) is 0 Å². The van der Waals surface area contributed by atoms with E-state index in [1.54, 1.807) is 18.9 Å². The zero-order valence-corrected chi connectivity index (χ0v) is 13.2. The van der Waals surface area contributed by atoms with Crippen LogP contribution >= 0.6 is 11.8 Å². The number of thioether (sulfide) groups is 1. The summed E-state index contributed by atoms with van der Waals surface area (Å²) in [6, 6.07) is 6.47. The summed E-state index contributed by atoms with van der Waals surface area (Å²) in [7, 11) is 1.73. The Hall–Kier alpha value is -0.750. The molecule has 1 saturated heterocycles. The van der Waals surface area contributed by atoms with Gasteiger partial charge in [0.1, 0.15) is 5.75 Å². The van der Waals surface area contributed by atoms with Gasteiger partial charge < -0.3 is 9.84 Å². The van der Waals surface area contributed by atoms with E-state index in [0.29, 0.717) is 0 Å². The Morgan fingerprint density at radius 1 is 1.20 bits per heavy atom. The van der Waals surface area contributed by atoms with Gasteiger partial charge >= 0.3 is 0 Å². The Kier molecular flexibility index (Phi) is 6.16. The molecule has 1 N–H and O–H groups in total. The summed E-state index contributed by atoms with van der Waals surface area (Å²) in [6.07, 6.45) is 2.07. The zero-order valence-electron chi connectivity index (χ0n) is 12.3. The fourth-order valence-corrected chi connectivity index (χ4v) is 3.10.